The molecule has 0 radical (unpaired) electrons. The molecule has 17 heavy (non-hydrogen) atoms. The molecule has 1 aliphatic rings. The van der Waals surface area contributed by atoms with Gasteiger partial charge in [0, 0.05) is 6.54 Å². The van der Waals surface area contributed by atoms with Crippen molar-refractivity contribution < 1.29 is 5.11 Å². The second-order valence-corrected chi connectivity index (χ2v) is 6.57. The van der Waals surface area contributed by atoms with Gasteiger partial charge >= 0.3 is 0 Å². The maximum absolute atomic E-state index is 10.0. The molecule has 2 heteroatoms. The fourth-order valence-electron chi connectivity index (χ4n) is 2.07. The molecule has 1 unspecified atom stereocenters. The standard InChI is InChI=1S/C15H31NO/c1-12(2)7-9-16(10-8-13(3)4)11-15(17)14-5-6-14/h12-15,17H,5-11H2,1-4H3. The quantitative estimate of drug-likeness (QED) is 0.670. The highest BCUT2D eigenvalue weighted by atomic mass is 16.3. The van der Waals surface area contributed by atoms with Gasteiger partial charge in [0.1, 0.15) is 0 Å². The van der Waals surface area contributed by atoms with E-state index < -0.39 is 0 Å². The minimum Gasteiger partial charge on any atom is -0.392 e. The predicted molar refractivity (Wildman–Crippen MR) is 74.1 cm³/mol. The van der Waals surface area contributed by atoms with Crippen molar-refractivity contribution in [3.63, 3.8) is 0 Å². The number of rotatable bonds is 9. The van der Waals surface area contributed by atoms with Gasteiger partial charge in [-0.05, 0) is 56.5 Å². The van der Waals surface area contributed by atoms with Crippen molar-refractivity contribution in [2.75, 3.05) is 19.6 Å². The third-order valence-electron chi connectivity index (χ3n) is 3.66. The summed E-state index contributed by atoms with van der Waals surface area (Å²) >= 11 is 0. The summed E-state index contributed by atoms with van der Waals surface area (Å²) in [5.41, 5.74) is 0. The molecule has 0 aromatic heterocycles. The van der Waals surface area contributed by atoms with Crippen LogP contribution in [0.25, 0.3) is 0 Å². The molecule has 0 aromatic rings. The molecule has 1 fully saturated rings. The van der Waals surface area contributed by atoms with Crippen LogP contribution in [0.1, 0.15) is 53.4 Å². The lowest BCUT2D eigenvalue weighted by molar-refractivity contribution is 0.0901. The molecule has 1 N–H and O–H groups in total. The Bertz CT molecular complexity index is 187. The van der Waals surface area contributed by atoms with Crippen molar-refractivity contribution in [2.24, 2.45) is 17.8 Å². The Morgan fingerprint density at radius 1 is 1.00 bits per heavy atom. The lowest BCUT2D eigenvalue weighted by Gasteiger charge is -2.26. The van der Waals surface area contributed by atoms with Gasteiger partial charge in [-0.2, -0.15) is 0 Å². The minimum absolute atomic E-state index is 0.0747. The predicted octanol–water partition coefficient (Wildman–Crippen LogP) is 3.15. The molecule has 1 rings (SSSR count). The third kappa shape index (κ3) is 7.05. The summed E-state index contributed by atoms with van der Waals surface area (Å²) in [6.07, 6.45) is 4.90. The zero-order chi connectivity index (χ0) is 12.8. The van der Waals surface area contributed by atoms with E-state index in [4.69, 9.17) is 0 Å². The number of aliphatic hydroxyl groups is 1. The van der Waals surface area contributed by atoms with E-state index in [2.05, 4.69) is 32.6 Å². The zero-order valence-electron chi connectivity index (χ0n) is 12.2. The van der Waals surface area contributed by atoms with E-state index in [1.54, 1.807) is 0 Å². The van der Waals surface area contributed by atoms with E-state index >= 15 is 0 Å². The third-order valence-corrected chi connectivity index (χ3v) is 3.66. The molecule has 1 saturated carbocycles. The molecule has 0 bridgehead atoms. The molecular weight excluding hydrogens is 210 g/mol. The molecule has 102 valence electrons. The van der Waals surface area contributed by atoms with Crippen LogP contribution in [0, 0.1) is 17.8 Å². The Morgan fingerprint density at radius 3 is 1.82 bits per heavy atom. The Kier molecular flexibility index (Phi) is 6.50. The Morgan fingerprint density at radius 2 is 1.47 bits per heavy atom. The van der Waals surface area contributed by atoms with Gasteiger partial charge in [-0.15, -0.1) is 0 Å². The number of nitrogens with zero attached hydrogens (tertiary/aromatic N) is 1. The summed E-state index contributed by atoms with van der Waals surface area (Å²) in [5, 5.41) is 10.0. The molecular formula is C15H31NO. The maximum atomic E-state index is 10.0. The maximum Gasteiger partial charge on any atom is 0.0695 e. The number of hydrogen-bond donors (Lipinski definition) is 1. The highest BCUT2D eigenvalue weighted by Gasteiger charge is 2.30. The summed E-state index contributed by atoms with van der Waals surface area (Å²) in [6, 6.07) is 0. The first-order valence-corrected chi connectivity index (χ1v) is 7.39. The van der Waals surface area contributed by atoms with Crippen LogP contribution in [0.4, 0.5) is 0 Å². The Hall–Kier alpha value is -0.0800. The second kappa shape index (κ2) is 7.38. The van der Waals surface area contributed by atoms with Crippen molar-refractivity contribution in [1.29, 1.82) is 0 Å². The molecule has 0 amide bonds. The molecule has 0 saturated heterocycles. The van der Waals surface area contributed by atoms with Gasteiger partial charge in [-0.3, -0.25) is 0 Å². The van der Waals surface area contributed by atoms with Gasteiger partial charge in [-0.25, -0.2) is 0 Å². The van der Waals surface area contributed by atoms with Crippen LogP contribution in [-0.4, -0.2) is 35.7 Å². The first-order chi connectivity index (χ1) is 7.99. The fraction of sp³-hybridized carbons (Fsp3) is 1.00. The van der Waals surface area contributed by atoms with E-state index in [0.717, 1.165) is 31.5 Å². The second-order valence-electron chi connectivity index (χ2n) is 6.57. The summed E-state index contributed by atoms with van der Waals surface area (Å²) in [6.45, 7) is 12.3. The van der Waals surface area contributed by atoms with E-state index in [-0.39, 0.29) is 6.10 Å². The zero-order valence-corrected chi connectivity index (χ0v) is 12.2. The minimum atomic E-state index is -0.0747. The van der Waals surface area contributed by atoms with Crippen LogP contribution in [-0.2, 0) is 0 Å². The van der Waals surface area contributed by atoms with Crippen LogP contribution < -0.4 is 0 Å². The average Bonchev–Trinajstić information content (AvgIpc) is 3.04. The van der Waals surface area contributed by atoms with Crippen molar-refractivity contribution >= 4 is 0 Å². The average molecular weight is 241 g/mol. The van der Waals surface area contributed by atoms with E-state index in [1.807, 2.05) is 0 Å². The van der Waals surface area contributed by atoms with E-state index in [1.165, 1.54) is 25.7 Å². The molecule has 0 aromatic carbocycles. The smallest absolute Gasteiger partial charge is 0.0695 e. The van der Waals surface area contributed by atoms with Gasteiger partial charge < -0.3 is 10.0 Å². The van der Waals surface area contributed by atoms with Crippen molar-refractivity contribution in [3.8, 4) is 0 Å². The Labute approximate surface area is 107 Å². The van der Waals surface area contributed by atoms with Gasteiger partial charge in [0.25, 0.3) is 0 Å². The highest BCUT2D eigenvalue weighted by Crippen LogP contribution is 2.32. The van der Waals surface area contributed by atoms with Crippen LogP contribution in [0.3, 0.4) is 0 Å². The Balaban J connectivity index is 2.28. The van der Waals surface area contributed by atoms with E-state index in [9.17, 15) is 5.11 Å². The SMILES string of the molecule is CC(C)CCN(CCC(C)C)CC(O)C1CC1. The molecule has 1 atom stereocenters. The van der Waals surface area contributed by atoms with Crippen molar-refractivity contribution in [3.05, 3.63) is 0 Å². The van der Waals surface area contributed by atoms with Gasteiger partial charge in [0.2, 0.25) is 0 Å². The molecule has 0 aliphatic heterocycles. The topological polar surface area (TPSA) is 23.5 Å². The van der Waals surface area contributed by atoms with Crippen LogP contribution in [0.15, 0.2) is 0 Å². The molecule has 0 heterocycles. The number of aliphatic hydroxyl groups excluding tert-OH is 1. The first kappa shape index (κ1) is 15.0. The molecule has 0 spiro atoms. The first-order valence-electron chi connectivity index (χ1n) is 7.39. The van der Waals surface area contributed by atoms with Crippen LogP contribution in [0.5, 0.6) is 0 Å². The van der Waals surface area contributed by atoms with Crippen molar-refractivity contribution in [1.82, 2.24) is 4.90 Å². The highest BCUT2D eigenvalue weighted by molar-refractivity contribution is 4.83. The summed E-state index contributed by atoms with van der Waals surface area (Å²) < 4.78 is 0. The number of hydrogen-bond acceptors (Lipinski definition) is 2. The summed E-state index contributed by atoms with van der Waals surface area (Å²) in [5.74, 6) is 2.12. The summed E-state index contributed by atoms with van der Waals surface area (Å²) in [4.78, 5) is 2.48. The monoisotopic (exact) mass is 241 g/mol. The fourth-order valence-corrected chi connectivity index (χ4v) is 2.07. The lowest BCUT2D eigenvalue weighted by Crippen LogP contribution is -2.36. The molecule has 2 nitrogen and oxygen atoms in total. The van der Waals surface area contributed by atoms with Gasteiger partial charge in [-0.1, -0.05) is 27.7 Å². The van der Waals surface area contributed by atoms with Gasteiger partial charge in [0.05, 0.1) is 6.10 Å². The van der Waals surface area contributed by atoms with Crippen molar-refractivity contribution in [2.45, 2.75) is 59.5 Å². The largest absolute Gasteiger partial charge is 0.392 e. The van der Waals surface area contributed by atoms with Gasteiger partial charge in [0.15, 0.2) is 0 Å². The lowest BCUT2D eigenvalue weighted by atomic mass is 10.1. The van der Waals surface area contributed by atoms with Crippen LogP contribution in [0.2, 0.25) is 0 Å². The molecule has 1 aliphatic carbocycles. The summed E-state index contributed by atoms with van der Waals surface area (Å²) in [7, 11) is 0. The van der Waals surface area contributed by atoms with E-state index in [0.29, 0.717) is 5.92 Å². The normalized spacial score (nSPS) is 18.4. The van der Waals surface area contributed by atoms with Crippen LogP contribution >= 0.6 is 0 Å².